The number of benzene rings is 3. The highest BCUT2D eigenvalue weighted by atomic mass is 19.4. The Morgan fingerprint density at radius 1 is 0.895 bits per heavy atom. The maximum atomic E-state index is 13.4. The lowest BCUT2D eigenvalue weighted by Gasteiger charge is -2.44. The van der Waals surface area contributed by atoms with Gasteiger partial charge in [0.2, 0.25) is 0 Å². The SMILES string of the molecule is O=C(OCC1c2ccccc2-c2ccccc21)N1C2C=C(CCc3cccc(C(F)(F)F)c3)CC1CCC2. The van der Waals surface area contributed by atoms with Crippen LogP contribution in [0.2, 0.25) is 0 Å². The van der Waals surface area contributed by atoms with Crippen LogP contribution in [0.1, 0.15) is 60.3 Å². The van der Waals surface area contributed by atoms with Crippen molar-refractivity contribution in [3.05, 3.63) is 107 Å². The van der Waals surface area contributed by atoms with Gasteiger partial charge in [0, 0.05) is 12.0 Å². The van der Waals surface area contributed by atoms with Crippen molar-refractivity contribution in [2.45, 2.75) is 62.7 Å². The monoisotopic (exact) mass is 517 g/mol. The molecular formula is C32H30F3NO2. The van der Waals surface area contributed by atoms with Crippen molar-refractivity contribution < 1.29 is 22.7 Å². The molecule has 1 aliphatic carbocycles. The predicted molar refractivity (Wildman–Crippen MR) is 141 cm³/mol. The van der Waals surface area contributed by atoms with Gasteiger partial charge in [-0.15, -0.1) is 0 Å². The number of nitrogens with zero attached hydrogens (tertiary/aromatic N) is 1. The molecule has 2 aliphatic heterocycles. The number of alkyl halides is 3. The number of hydrogen-bond donors (Lipinski definition) is 0. The van der Waals surface area contributed by atoms with E-state index in [9.17, 15) is 18.0 Å². The number of rotatable bonds is 5. The summed E-state index contributed by atoms with van der Waals surface area (Å²) < 4.78 is 45.2. The highest BCUT2D eigenvalue weighted by Crippen LogP contribution is 2.45. The summed E-state index contributed by atoms with van der Waals surface area (Å²) in [5.74, 6) is 0.0227. The van der Waals surface area contributed by atoms with E-state index in [-0.39, 0.29) is 24.1 Å². The van der Waals surface area contributed by atoms with Crippen molar-refractivity contribution in [2.24, 2.45) is 0 Å². The molecule has 196 valence electrons. The first-order valence-corrected chi connectivity index (χ1v) is 13.4. The summed E-state index contributed by atoms with van der Waals surface area (Å²) in [6.07, 6.45) is 2.42. The van der Waals surface area contributed by atoms with E-state index >= 15 is 0 Å². The Kier molecular flexibility index (Phi) is 6.50. The van der Waals surface area contributed by atoms with Crippen LogP contribution < -0.4 is 0 Å². The third-order valence-electron chi connectivity index (χ3n) is 8.25. The normalized spacial score (nSPS) is 20.5. The zero-order valence-electron chi connectivity index (χ0n) is 21.1. The molecule has 1 fully saturated rings. The Morgan fingerprint density at radius 2 is 1.61 bits per heavy atom. The first-order valence-electron chi connectivity index (χ1n) is 13.4. The largest absolute Gasteiger partial charge is 0.448 e. The van der Waals surface area contributed by atoms with Crippen molar-refractivity contribution in [1.82, 2.24) is 4.90 Å². The van der Waals surface area contributed by atoms with E-state index in [2.05, 4.69) is 30.3 Å². The molecule has 0 aromatic heterocycles. The second-order valence-electron chi connectivity index (χ2n) is 10.6. The van der Waals surface area contributed by atoms with Crippen LogP contribution in [0.5, 0.6) is 0 Å². The van der Waals surface area contributed by atoms with Crippen LogP contribution in [-0.2, 0) is 17.3 Å². The van der Waals surface area contributed by atoms with E-state index in [1.165, 1.54) is 40.0 Å². The molecule has 1 saturated heterocycles. The molecule has 1 amide bonds. The summed E-state index contributed by atoms with van der Waals surface area (Å²) in [6, 6.07) is 22.2. The van der Waals surface area contributed by atoms with Gasteiger partial charge >= 0.3 is 12.3 Å². The highest BCUT2D eigenvalue weighted by molar-refractivity contribution is 5.79. The molecule has 3 aliphatic rings. The van der Waals surface area contributed by atoms with Crippen molar-refractivity contribution in [3.8, 4) is 11.1 Å². The Labute approximate surface area is 220 Å². The minimum absolute atomic E-state index is 0.0188. The number of aryl methyl sites for hydroxylation is 1. The summed E-state index contributed by atoms with van der Waals surface area (Å²) in [5, 5.41) is 0. The van der Waals surface area contributed by atoms with E-state index < -0.39 is 11.7 Å². The van der Waals surface area contributed by atoms with Crippen molar-refractivity contribution in [3.63, 3.8) is 0 Å². The minimum atomic E-state index is -4.33. The molecule has 2 heterocycles. The molecular weight excluding hydrogens is 487 g/mol. The van der Waals surface area contributed by atoms with E-state index in [0.29, 0.717) is 25.0 Å². The zero-order chi connectivity index (χ0) is 26.3. The topological polar surface area (TPSA) is 29.5 Å². The van der Waals surface area contributed by atoms with Gasteiger partial charge in [0.25, 0.3) is 0 Å². The van der Waals surface area contributed by atoms with Crippen LogP contribution >= 0.6 is 0 Å². The molecule has 2 bridgehead atoms. The van der Waals surface area contributed by atoms with E-state index in [0.717, 1.165) is 31.7 Å². The van der Waals surface area contributed by atoms with Crippen LogP contribution in [0.3, 0.4) is 0 Å². The molecule has 0 N–H and O–H groups in total. The number of halogens is 3. The van der Waals surface area contributed by atoms with E-state index in [1.807, 2.05) is 29.2 Å². The first-order chi connectivity index (χ1) is 18.4. The molecule has 0 spiro atoms. The minimum Gasteiger partial charge on any atom is -0.448 e. The number of fused-ring (bicyclic) bond motifs is 5. The average Bonchev–Trinajstić information content (AvgIpc) is 3.23. The van der Waals surface area contributed by atoms with Crippen molar-refractivity contribution in [2.75, 3.05) is 6.61 Å². The van der Waals surface area contributed by atoms with Gasteiger partial charge in [-0.2, -0.15) is 13.2 Å². The quantitative estimate of drug-likeness (QED) is 0.320. The van der Waals surface area contributed by atoms with Crippen LogP contribution in [0.25, 0.3) is 11.1 Å². The van der Waals surface area contributed by atoms with E-state index in [1.54, 1.807) is 6.07 Å². The Balaban J connectivity index is 1.13. The summed E-state index contributed by atoms with van der Waals surface area (Å²) >= 11 is 0. The summed E-state index contributed by atoms with van der Waals surface area (Å²) in [7, 11) is 0. The molecule has 2 atom stereocenters. The lowest BCUT2D eigenvalue weighted by atomic mass is 9.83. The van der Waals surface area contributed by atoms with Gasteiger partial charge in [0.15, 0.2) is 0 Å². The van der Waals surface area contributed by atoms with Crippen LogP contribution in [0.4, 0.5) is 18.0 Å². The van der Waals surface area contributed by atoms with Gasteiger partial charge in [0.05, 0.1) is 11.6 Å². The second-order valence-corrected chi connectivity index (χ2v) is 10.6. The fourth-order valence-electron chi connectivity index (χ4n) is 6.46. The fraction of sp³-hybridized carbons (Fsp3) is 0.344. The van der Waals surface area contributed by atoms with Gasteiger partial charge < -0.3 is 4.74 Å². The number of ether oxygens (including phenoxy) is 1. The number of carbonyl (C=O) groups is 1. The standard InChI is InChI=1S/C32H30F3NO2/c33-32(34,35)23-8-5-7-21(17-23)15-16-22-18-24-9-6-10-25(19-22)36(24)31(37)38-20-30-28-13-3-1-11-26(28)27-12-2-4-14-29(27)30/h1-5,7-8,11-14,17-18,24-25,30H,6,9-10,15-16,19-20H2. The predicted octanol–water partition coefficient (Wildman–Crippen LogP) is 8.14. The Hall–Kier alpha value is -3.54. The van der Waals surface area contributed by atoms with Crippen LogP contribution in [0, 0.1) is 0 Å². The Morgan fingerprint density at radius 3 is 2.29 bits per heavy atom. The first kappa shape index (κ1) is 24.8. The number of amides is 1. The van der Waals surface area contributed by atoms with Gasteiger partial charge in [-0.25, -0.2) is 4.79 Å². The maximum Gasteiger partial charge on any atom is 0.416 e. The summed E-state index contributed by atoms with van der Waals surface area (Å²) in [4.78, 5) is 15.3. The highest BCUT2D eigenvalue weighted by Gasteiger charge is 2.39. The number of hydrogen-bond acceptors (Lipinski definition) is 2. The molecule has 0 radical (unpaired) electrons. The molecule has 2 unspecified atom stereocenters. The third kappa shape index (κ3) is 4.72. The van der Waals surface area contributed by atoms with Crippen LogP contribution in [0.15, 0.2) is 84.4 Å². The maximum absolute atomic E-state index is 13.4. The van der Waals surface area contributed by atoms with E-state index in [4.69, 9.17) is 4.74 Å². The average molecular weight is 518 g/mol. The van der Waals surface area contributed by atoms with Crippen LogP contribution in [-0.4, -0.2) is 29.7 Å². The molecule has 6 heteroatoms. The van der Waals surface area contributed by atoms with Gasteiger partial charge in [-0.1, -0.05) is 78.4 Å². The second kappa shape index (κ2) is 9.97. The number of piperidine rings is 1. The van der Waals surface area contributed by atoms with Gasteiger partial charge in [-0.05, 0) is 72.4 Å². The molecule has 3 aromatic carbocycles. The Bertz CT molecular complexity index is 1330. The fourth-order valence-corrected chi connectivity index (χ4v) is 6.46. The van der Waals surface area contributed by atoms with Gasteiger partial charge in [-0.3, -0.25) is 4.90 Å². The lowest BCUT2D eigenvalue weighted by Crippen LogP contribution is -2.52. The molecule has 6 rings (SSSR count). The molecule has 38 heavy (non-hydrogen) atoms. The summed E-state index contributed by atoms with van der Waals surface area (Å²) in [6.45, 7) is 0.301. The van der Waals surface area contributed by atoms with Crippen molar-refractivity contribution >= 4 is 6.09 Å². The molecule has 3 aromatic rings. The van der Waals surface area contributed by atoms with Gasteiger partial charge in [0.1, 0.15) is 6.61 Å². The lowest BCUT2D eigenvalue weighted by molar-refractivity contribution is -0.137. The zero-order valence-corrected chi connectivity index (χ0v) is 21.1. The number of carbonyl (C=O) groups excluding carboxylic acids is 1. The van der Waals surface area contributed by atoms with Crippen molar-refractivity contribution in [1.29, 1.82) is 0 Å². The summed E-state index contributed by atoms with van der Waals surface area (Å²) in [5.41, 5.74) is 6.09. The molecule has 3 nitrogen and oxygen atoms in total. The third-order valence-corrected chi connectivity index (χ3v) is 8.25. The smallest absolute Gasteiger partial charge is 0.416 e. The molecule has 0 saturated carbocycles.